The van der Waals surface area contributed by atoms with Gasteiger partial charge in [-0.1, -0.05) is 24.2 Å². The summed E-state index contributed by atoms with van der Waals surface area (Å²) < 4.78 is 1.49. The predicted octanol–water partition coefficient (Wildman–Crippen LogP) is 3.02. The predicted molar refractivity (Wildman–Crippen MR) is 136 cm³/mol. The van der Waals surface area contributed by atoms with Gasteiger partial charge in [-0.3, -0.25) is 9.59 Å². The van der Waals surface area contributed by atoms with Gasteiger partial charge in [0, 0.05) is 37.2 Å². The molecule has 8 nitrogen and oxygen atoms in total. The van der Waals surface area contributed by atoms with E-state index < -0.39 is 0 Å². The van der Waals surface area contributed by atoms with E-state index >= 15 is 0 Å². The molecule has 4 heterocycles. The van der Waals surface area contributed by atoms with Crippen LogP contribution in [0.5, 0.6) is 0 Å². The largest absolute Gasteiger partial charge is 0.356 e. The Bertz CT molecular complexity index is 1050. The number of hydrogen-bond donors (Lipinski definition) is 1. The normalized spacial score (nSPS) is 21.3. The lowest BCUT2D eigenvalue weighted by Gasteiger charge is -2.31. The Kier molecular flexibility index (Phi) is 7.49. The Morgan fingerprint density at radius 1 is 1.06 bits per heavy atom. The molecule has 0 spiro atoms. The van der Waals surface area contributed by atoms with E-state index in [9.17, 15) is 9.59 Å². The molecule has 2 aromatic rings. The second kappa shape index (κ2) is 10.7. The van der Waals surface area contributed by atoms with Crippen molar-refractivity contribution in [2.45, 2.75) is 83.6 Å². The number of hydrogen-bond acceptors (Lipinski definition) is 7. The van der Waals surface area contributed by atoms with E-state index in [0.717, 1.165) is 81.0 Å². The number of carbonyl (C=O) groups is 1. The van der Waals surface area contributed by atoms with Crippen LogP contribution >= 0.6 is 11.3 Å². The molecule has 0 bridgehead atoms. The molecule has 3 aliphatic rings. The SMILES string of the molecule is C[C@H](CCNC(=O)C1CCN(c2nn3c(=O)c4c(nc3s2)CCCC4)CC1)N1CCCCCC1. The van der Waals surface area contributed by atoms with Crippen molar-refractivity contribution in [2.75, 3.05) is 37.6 Å². The summed E-state index contributed by atoms with van der Waals surface area (Å²) in [5, 5.41) is 8.66. The number of piperidine rings is 1. The van der Waals surface area contributed by atoms with Crippen molar-refractivity contribution in [3.05, 3.63) is 21.6 Å². The van der Waals surface area contributed by atoms with E-state index in [1.54, 1.807) is 0 Å². The van der Waals surface area contributed by atoms with E-state index in [1.807, 2.05) is 0 Å². The molecule has 1 N–H and O–H groups in total. The number of anilines is 1. The molecule has 34 heavy (non-hydrogen) atoms. The molecule has 2 aromatic heterocycles. The van der Waals surface area contributed by atoms with E-state index in [1.165, 1.54) is 54.6 Å². The first-order chi connectivity index (χ1) is 16.6. The van der Waals surface area contributed by atoms with Crippen molar-refractivity contribution in [1.82, 2.24) is 24.8 Å². The summed E-state index contributed by atoms with van der Waals surface area (Å²) in [5.74, 6) is 0.254. The monoisotopic (exact) mass is 486 g/mol. The van der Waals surface area contributed by atoms with Gasteiger partial charge in [0.15, 0.2) is 0 Å². The standard InChI is InChI=1S/C25H38N6O2S/c1-18(29-14-6-2-3-7-15-29)10-13-26-22(32)19-11-16-30(17-12-19)25-28-31-23(33)20-8-4-5-9-21(20)27-24(31)34-25/h18-19H,2-17H2,1H3,(H,26,32)/t18-/m1/s1. The maximum Gasteiger partial charge on any atom is 0.278 e. The van der Waals surface area contributed by atoms with Crippen LogP contribution in [0.15, 0.2) is 4.79 Å². The number of aryl methyl sites for hydroxylation is 1. The van der Waals surface area contributed by atoms with Crippen LogP contribution in [0, 0.1) is 5.92 Å². The third-order valence-electron chi connectivity index (χ3n) is 7.93. The molecule has 0 aromatic carbocycles. The smallest absolute Gasteiger partial charge is 0.278 e. The molecule has 0 unspecified atom stereocenters. The number of amides is 1. The van der Waals surface area contributed by atoms with Crippen molar-refractivity contribution in [1.29, 1.82) is 0 Å². The topological polar surface area (TPSA) is 82.8 Å². The van der Waals surface area contributed by atoms with Crippen LogP contribution in [-0.4, -0.2) is 64.2 Å². The number of rotatable bonds is 6. The van der Waals surface area contributed by atoms with Gasteiger partial charge >= 0.3 is 0 Å². The van der Waals surface area contributed by atoms with Crippen LogP contribution in [0.25, 0.3) is 4.96 Å². The first-order valence-corrected chi connectivity index (χ1v) is 14.1. The summed E-state index contributed by atoms with van der Waals surface area (Å²) in [5.41, 5.74) is 1.82. The van der Waals surface area contributed by atoms with E-state index in [0.29, 0.717) is 11.0 Å². The first kappa shape index (κ1) is 23.7. The zero-order valence-corrected chi connectivity index (χ0v) is 21.2. The second-order valence-electron chi connectivity index (χ2n) is 10.3. The van der Waals surface area contributed by atoms with Crippen molar-refractivity contribution < 1.29 is 4.79 Å². The van der Waals surface area contributed by atoms with Crippen molar-refractivity contribution in [3.8, 4) is 0 Å². The maximum absolute atomic E-state index is 12.9. The van der Waals surface area contributed by atoms with Crippen molar-refractivity contribution in [2.24, 2.45) is 5.92 Å². The molecule has 1 amide bonds. The molecule has 0 saturated carbocycles. The number of nitrogens with zero attached hydrogens (tertiary/aromatic N) is 5. The van der Waals surface area contributed by atoms with Gasteiger partial charge in [-0.15, -0.1) is 5.10 Å². The molecule has 2 aliphatic heterocycles. The summed E-state index contributed by atoms with van der Waals surface area (Å²) in [7, 11) is 0. The zero-order chi connectivity index (χ0) is 23.5. The third-order valence-corrected chi connectivity index (χ3v) is 8.90. The molecule has 0 radical (unpaired) electrons. The van der Waals surface area contributed by atoms with Gasteiger partial charge in [0.1, 0.15) is 0 Å². The number of fused-ring (bicyclic) bond motifs is 2. The number of carbonyl (C=O) groups excluding carboxylic acids is 1. The minimum Gasteiger partial charge on any atom is -0.356 e. The van der Waals surface area contributed by atoms with Gasteiger partial charge in [-0.2, -0.15) is 4.52 Å². The highest BCUT2D eigenvalue weighted by Crippen LogP contribution is 2.28. The van der Waals surface area contributed by atoms with Crippen LogP contribution in [-0.2, 0) is 17.6 Å². The Morgan fingerprint density at radius 3 is 2.56 bits per heavy atom. The summed E-state index contributed by atoms with van der Waals surface area (Å²) in [4.78, 5) is 35.9. The fourth-order valence-corrected chi connectivity index (χ4v) is 6.65. The van der Waals surface area contributed by atoms with E-state index in [-0.39, 0.29) is 17.4 Å². The fraction of sp³-hybridized carbons (Fsp3) is 0.760. The van der Waals surface area contributed by atoms with Gasteiger partial charge in [-0.05, 0) is 77.8 Å². The molecule has 2 saturated heterocycles. The maximum atomic E-state index is 12.9. The summed E-state index contributed by atoms with van der Waals surface area (Å²) >= 11 is 1.49. The molecule has 2 fully saturated rings. The molecule has 186 valence electrons. The molecular formula is C25H38N6O2S. The summed E-state index contributed by atoms with van der Waals surface area (Å²) in [6, 6.07) is 0.530. The van der Waals surface area contributed by atoms with Crippen LogP contribution in [0.2, 0.25) is 0 Å². The Labute approximate surface area is 205 Å². The summed E-state index contributed by atoms with van der Waals surface area (Å²) in [6.45, 7) is 7.03. The lowest BCUT2D eigenvalue weighted by atomic mass is 9.96. The molecular weight excluding hydrogens is 448 g/mol. The van der Waals surface area contributed by atoms with Gasteiger partial charge in [0.2, 0.25) is 16.0 Å². The van der Waals surface area contributed by atoms with E-state index in [2.05, 4.69) is 27.1 Å². The zero-order valence-electron chi connectivity index (χ0n) is 20.4. The van der Waals surface area contributed by atoms with E-state index in [4.69, 9.17) is 4.98 Å². The van der Waals surface area contributed by atoms with Gasteiger partial charge in [0.05, 0.1) is 5.69 Å². The molecule has 9 heteroatoms. The van der Waals surface area contributed by atoms with Crippen LogP contribution < -0.4 is 15.8 Å². The Balaban J connectivity index is 1.12. The third kappa shape index (κ3) is 5.15. The minimum absolute atomic E-state index is 0.00543. The lowest BCUT2D eigenvalue weighted by Crippen LogP contribution is -2.42. The fourth-order valence-electron chi connectivity index (χ4n) is 5.69. The minimum atomic E-state index is 0.00543. The van der Waals surface area contributed by atoms with Crippen molar-refractivity contribution >= 4 is 27.3 Å². The van der Waals surface area contributed by atoms with Gasteiger partial charge in [0.25, 0.3) is 5.56 Å². The number of aromatic nitrogens is 3. The first-order valence-electron chi connectivity index (χ1n) is 13.3. The lowest BCUT2D eigenvalue weighted by molar-refractivity contribution is -0.125. The van der Waals surface area contributed by atoms with Gasteiger partial charge < -0.3 is 15.1 Å². The highest BCUT2D eigenvalue weighted by atomic mass is 32.1. The highest BCUT2D eigenvalue weighted by Gasteiger charge is 2.28. The Hall–Kier alpha value is -2.00. The van der Waals surface area contributed by atoms with Crippen LogP contribution in [0.3, 0.4) is 0 Å². The number of nitrogens with one attached hydrogen (secondary N) is 1. The Morgan fingerprint density at radius 2 is 1.79 bits per heavy atom. The number of likely N-dealkylation sites (tertiary alicyclic amines) is 1. The summed E-state index contributed by atoms with van der Waals surface area (Å²) in [6.07, 6.45) is 11.8. The molecule has 1 aliphatic carbocycles. The quantitative estimate of drug-likeness (QED) is 0.676. The average molecular weight is 487 g/mol. The van der Waals surface area contributed by atoms with Crippen LogP contribution in [0.1, 0.15) is 76.0 Å². The average Bonchev–Trinajstić information content (AvgIpc) is 3.10. The highest BCUT2D eigenvalue weighted by molar-refractivity contribution is 7.20. The molecule has 1 atom stereocenters. The van der Waals surface area contributed by atoms with Crippen LogP contribution in [0.4, 0.5) is 5.13 Å². The van der Waals surface area contributed by atoms with Crippen molar-refractivity contribution in [3.63, 3.8) is 0 Å². The second-order valence-corrected chi connectivity index (χ2v) is 11.2. The molecule has 5 rings (SSSR count). The van der Waals surface area contributed by atoms with Gasteiger partial charge in [-0.25, -0.2) is 4.98 Å².